The van der Waals surface area contributed by atoms with Crippen molar-refractivity contribution in [3.63, 3.8) is 0 Å². The van der Waals surface area contributed by atoms with Crippen LogP contribution in [0.25, 0.3) is 10.2 Å². The number of aromatic nitrogens is 2. The highest BCUT2D eigenvalue weighted by Crippen LogP contribution is 2.28. The molecule has 0 N–H and O–H groups in total. The average molecular weight is 396 g/mol. The predicted octanol–water partition coefficient (Wildman–Crippen LogP) is 1.61. The van der Waals surface area contributed by atoms with Crippen molar-refractivity contribution in [1.29, 1.82) is 0 Å². The van der Waals surface area contributed by atoms with Gasteiger partial charge in [0.15, 0.2) is 0 Å². The summed E-state index contributed by atoms with van der Waals surface area (Å²) in [7, 11) is 0. The van der Waals surface area contributed by atoms with E-state index in [9.17, 15) is 19.2 Å². The van der Waals surface area contributed by atoms with Gasteiger partial charge < -0.3 is 14.2 Å². The Bertz CT molecular complexity index is 913. The van der Waals surface area contributed by atoms with Crippen LogP contribution in [0, 0.1) is 6.92 Å². The van der Waals surface area contributed by atoms with Gasteiger partial charge in [-0.3, -0.25) is 9.36 Å². The first kappa shape index (κ1) is 20.6. The fourth-order valence-electron chi connectivity index (χ4n) is 2.48. The smallest absolute Gasteiger partial charge is 0.348 e. The lowest BCUT2D eigenvalue weighted by Gasteiger charge is -2.16. The molecule has 0 radical (unpaired) electrons. The van der Waals surface area contributed by atoms with Gasteiger partial charge in [-0.1, -0.05) is 0 Å². The summed E-state index contributed by atoms with van der Waals surface area (Å²) < 4.78 is 15.7. The van der Waals surface area contributed by atoms with E-state index in [2.05, 4.69) is 4.98 Å². The van der Waals surface area contributed by atoms with Crippen LogP contribution < -0.4 is 5.56 Å². The first-order valence-electron chi connectivity index (χ1n) is 8.37. The Morgan fingerprint density at radius 2 is 1.63 bits per heavy atom. The maximum atomic E-state index is 13.0. The summed E-state index contributed by atoms with van der Waals surface area (Å²) in [5.74, 6) is -2.40. The number of carbonyl (C=O) groups excluding carboxylic acids is 3. The second kappa shape index (κ2) is 8.76. The Balaban J connectivity index is 2.63. The number of esters is 3. The molecule has 0 aliphatic heterocycles. The van der Waals surface area contributed by atoms with Crippen LogP contribution in [0.4, 0.5) is 0 Å². The zero-order chi connectivity index (χ0) is 20.1. The molecule has 146 valence electrons. The van der Waals surface area contributed by atoms with Gasteiger partial charge in [-0.25, -0.2) is 19.4 Å². The molecule has 0 aromatic carbocycles. The van der Waals surface area contributed by atoms with E-state index in [0.29, 0.717) is 10.4 Å². The first-order chi connectivity index (χ1) is 12.9. The number of hydrogen-bond acceptors (Lipinski definition) is 9. The van der Waals surface area contributed by atoms with Crippen molar-refractivity contribution in [3.05, 3.63) is 27.1 Å². The molecule has 0 spiro atoms. The molecular weight excluding hydrogens is 376 g/mol. The van der Waals surface area contributed by atoms with Crippen LogP contribution in [0.3, 0.4) is 0 Å². The van der Waals surface area contributed by atoms with Gasteiger partial charge in [0.2, 0.25) is 6.04 Å². The van der Waals surface area contributed by atoms with Gasteiger partial charge in [0.1, 0.15) is 16.0 Å². The molecule has 2 heterocycles. The number of nitrogens with zero attached hydrogens (tertiary/aromatic N) is 2. The number of aryl methyl sites for hydroxylation is 1. The van der Waals surface area contributed by atoms with Crippen LogP contribution in [-0.2, 0) is 23.8 Å². The third-order valence-corrected chi connectivity index (χ3v) is 4.81. The average Bonchev–Trinajstić information content (AvgIpc) is 2.95. The minimum Gasteiger partial charge on any atom is -0.464 e. The van der Waals surface area contributed by atoms with Gasteiger partial charge in [0.25, 0.3) is 5.56 Å². The maximum Gasteiger partial charge on any atom is 0.348 e. The van der Waals surface area contributed by atoms with E-state index >= 15 is 0 Å². The Morgan fingerprint density at radius 1 is 1.07 bits per heavy atom. The molecule has 0 saturated heterocycles. The molecule has 10 heteroatoms. The maximum absolute atomic E-state index is 13.0. The van der Waals surface area contributed by atoms with Gasteiger partial charge in [0, 0.05) is 0 Å². The molecule has 0 atom stereocenters. The molecule has 0 aliphatic carbocycles. The molecule has 0 saturated carbocycles. The minimum absolute atomic E-state index is 0.0314. The highest BCUT2D eigenvalue weighted by Gasteiger charge is 2.33. The second-order valence-corrected chi connectivity index (χ2v) is 6.32. The molecule has 27 heavy (non-hydrogen) atoms. The van der Waals surface area contributed by atoms with Crippen molar-refractivity contribution >= 4 is 39.5 Å². The van der Waals surface area contributed by atoms with E-state index in [-0.39, 0.29) is 30.1 Å². The third-order valence-electron chi connectivity index (χ3n) is 3.63. The van der Waals surface area contributed by atoms with E-state index < -0.39 is 29.5 Å². The van der Waals surface area contributed by atoms with E-state index in [4.69, 9.17) is 14.2 Å². The number of fused-ring (bicyclic) bond motifs is 1. The van der Waals surface area contributed by atoms with E-state index in [1.807, 2.05) is 0 Å². The number of ether oxygens (including phenoxy) is 3. The van der Waals surface area contributed by atoms with E-state index in [1.54, 1.807) is 27.7 Å². The summed E-state index contributed by atoms with van der Waals surface area (Å²) in [6.45, 7) is 6.68. The fourth-order valence-corrected chi connectivity index (χ4v) is 3.51. The second-order valence-electron chi connectivity index (χ2n) is 5.32. The summed E-state index contributed by atoms with van der Waals surface area (Å²) >= 11 is 1.01. The standard InChI is InChI=1S/C17H20N2O7S/c1-5-24-15(21)11(16(22)25-6-2)19-8-18-13-10(14(19)20)9(4)12(27-13)17(23)26-7-3/h8,11H,5-7H2,1-4H3. The van der Waals surface area contributed by atoms with E-state index in [1.165, 1.54) is 0 Å². The zero-order valence-corrected chi connectivity index (χ0v) is 16.3. The van der Waals surface area contributed by atoms with Crippen molar-refractivity contribution in [1.82, 2.24) is 9.55 Å². The summed E-state index contributed by atoms with van der Waals surface area (Å²) in [6.07, 6.45) is 1.08. The fraction of sp³-hybridized carbons (Fsp3) is 0.471. The third kappa shape index (κ3) is 4.00. The molecule has 0 bridgehead atoms. The first-order valence-corrected chi connectivity index (χ1v) is 9.19. The Hall–Kier alpha value is -2.75. The quantitative estimate of drug-likeness (QED) is 0.394. The molecular formula is C17H20N2O7S. The molecule has 2 rings (SSSR count). The Morgan fingerprint density at radius 3 is 2.15 bits per heavy atom. The molecule has 0 aliphatic rings. The van der Waals surface area contributed by atoms with Gasteiger partial charge in [-0.2, -0.15) is 0 Å². The number of thiophene rings is 1. The number of rotatable bonds is 7. The van der Waals surface area contributed by atoms with Crippen LogP contribution in [0.5, 0.6) is 0 Å². The van der Waals surface area contributed by atoms with Crippen LogP contribution in [0.1, 0.15) is 42.0 Å². The predicted molar refractivity (Wildman–Crippen MR) is 96.9 cm³/mol. The summed E-state index contributed by atoms with van der Waals surface area (Å²) in [5.41, 5.74) is -0.262. The van der Waals surface area contributed by atoms with Crippen molar-refractivity contribution in [2.45, 2.75) is 33.7 Å². The van der Waals surface area contributed by atoms with Gasteiger partial charge in [0.05, 0.1) is 25.2 Å². The highest BCUT2D eigenvalue weighted by atomic mass is 32.1. The monoisotopic (exact) mass is 396 g/mol. The van der Waals surface area contributed by atoms with E-state index in [0.717, 1.165) is 22.2 Å². The van der Waals surface area contributed by atoms with Crippen molar-refractivity contribution in [2.24, 2.45) is 0 Å². The van der Waals surface area contributed by atoms with Crippen molar-refractivity contribution in [3.8, 4) is 0 Å². The molecule has 2 aromatic heterocycles. The number of hydrogen-bond donors (Lipinski definition) is 0. The van der Waals surface area contributed by atoms with Crippen LogP contribution in [0.2, 0.25) is 0 Å². The SMILES string of the molecule is CCOC(=O)c1sc2ncn(C(C(=O)OCC)C(=O)OCC)c(=O)c2c1C. The van der Waals surface area contributed by atoms with Crippen LogP contribution >= 0.6 is 11.3 Å². The summed E-state index contributed by atoms with van der Waals surface area (Å²) in [4.78, 5) is 54.2. The lowest BCUT2D eigenvalue weighted by Crippen LogP contribution is -2.37. The highest BCUT2D eigenvalue weighted by molar-refractivity contribution is 7.20. The summed E-state index contributed by atoms with van der Waals surface area (Å²) in [5, 5.41) is 0.143. The molecule has 0 amide bonds. The van der Waals surface area contributed by atoms with Crippen molar-refractivity contribution < 1.29 is 28.6 Å². The lowest BCUT2D eigenvalue weighted by atomic mass is 10.2. The molecule has 0 unspecified atom stereocenters. The van der Waals surface area contributed by atoms with Crippen molar-refractivity contribution in [2.75, 3.05) is 19.8 Å². The van der Waals surface area contributed by atoms with Crippen LogP contribution in [-0.4, -0.2) is 47.3 Å². The Kier molecular flexibility index (Phi) is 6.67. The summed E-state index contributed by atoms with van der Waals surface area (Å²) in [6, 6.07) is -1.61. The minimum atomic E-state index is -1.61. The van der Waals surface area contributed by atoms with Gasteiger partial charge >= 0.3 is 17.9 Å². The Labute approximate surface area is 158 Å². The van der Waals surface area contributed by atoms with Gasteiger partial charge in [-0.05, 0) is 33.3 Å². The van der Waals surface area contributed by atoms with Gasteiger partial charge in [-0.15, -0.1) is 11.3 Å². The largest absolute Gasteiger partial charge is 0.464 e. The molecule has 2 aromatic rings. The number of carbonyl (C=O) groups is 3. The molecule has 0 fully saturated rings. The molecule has 9 nitrogen and oxygen atoms in total. The zero-order valence-electron chi connectivity index (χ0n) is 15.4. The topological polar surface area (TPSA) is 114 Å². The normalized spacial score (nSPS) is 10.9. The van der Waals surface area contributed by atoms with Crippen LogP contribution in [0.15, 0.2) is 11.1 Å². The lowest BCUT2D eigenvalue weighted by molar-refractivity contribution is -0.160.